The SMILES string of the molecule is CS(=O)(=O)N(Cc1ccc(C(=O)NC2CCCCCCC2)cc1)c1ccccc1. The average Bonchev–Trinajstić information content (AvgIpc) is 2.68. The maximum absolute atomic E-state index is 12.6. The van der Waals surface area contributed by atoms with Crippen LogP contribution in [0.25, 0.3) is 0 Å². The van der Waals surface area contributed by atoms with Crippen LogP contribution in [0.4, 0.5) is 5.69 Å². The van der Waals surface area contributed by atoms with Crippen molar-refractivity contribution >= 4 is 21.6 Å². The van der Waals surface area contributed by atoms with E-state index in [0.717, 1.165) is 18.4 Å². The summed E-state index contributed by atoms with van der Waals surface area (Å²) in [6.45, 7) is 0.230. The van der Waals surface area contributed by atoms with E-state index in [1.54, 1.807) is 24.3 Å². The molecule has 0 aromatic heterocycles. The second-order valence-electron chi connectivity index (χ2n) is 7.82. The molecular formula is C23H30N2O3S. The Balaban J connectivity index is 1.66. The number of rotatable bonds is 6. The Kier molecular flexibility index (Phi) is 7.31. The fourth-order valence-corrected chi connectivity index (χ4v) is 4.68. The van der Waals surface area contributed by atoms with Crippen LogP contribution in [0.15, 0.2) is 54.6 Å². The minimum atomic E-state index is -3.41. The van der Waals surface area contributed by atoms with Crippen LogP contribution in [0.1, 0.15) is 60.9 Å². The first kappa shape index (κ1) is 21.4. The number of nitrogens with zero attached hydrogens (tertiary/aromatic N) is 1. The van der Waals surface area contributed by atoms with Crippen molar-refractivity contribution in [3.63, 3.8) is 0 Å². The predicted octanol–water partition coefficient (Wildman–Crippen LogP) is 4.50. The van der Waals surface area contributed by atoms with Crippen LogP contribution in [-0.4, -0.2) is 26.6 Å². The van der Waals surface area contributed by atoms with Crippen molar-refractivity contribution in [2.24, 2.45) is 0 Å². The molecule has 0 unspecified atom stereocenters. The van der Waals surface area contributed by atoms with Gasteiger partial charge in [0.25, 0.3) is 5.91 Å². The van der Waals surface area contributed by atoms with E-state index in [4.69, 9.17) is 0 Å². The summed E-state index contributed by atoms with van der Waals surface area (Å²) in [6, 6.07) is 16.5. The molecule has 0 radical (unpaired) electrons. The standard InChI is InChI=1S/C23H30N2O3S/c1-29(27,28)25(22-12-8-5-9-13-22)18-19-14-16-20(17-15-19)23(26)24-21-10-6-3-2-4-7-11-21/h5,8-9,12-17,21H,2-4,6-7,10-11,18H2,1H3,(H,24,26). The third kappa shape index (κ3) is 6.32. The lowest BCUT2D eigenvalue weighted by Gasteiger charge is -2.23. The molecule has 6 heteroatoms. The number of nitrogens with one attached hydrogen (secondary N) is 1. The molecule has 1 amide bonds. The van der Waals surface area contributed by atoms with Crippen LogP contribution in [0.3, 0.4) is 0 Å². The fraction of sp³-hybridized carbons (Fsp3) is 0.435. The number of hydrogen-bond donors (Lipinski definition) is 1. The van der Waals surface area contributed by atoms with E-state index in [1.165, 1.54) is 42.7 Å². The van der Waals surface area contributed by atoms with Gasteiger partial charge < -0.3 is 5.32 Å². The van der Waals surface area contributed by atoms with Gasteiger partial charge in [-0.05, 0) is 42.7 Å². The number of para-hydroxylation sites is 1. The molecule has 0 aliphatic heterocycles. The molecule has 5 nitrogen and oxygen atoms in total. The summed E-state index contributed by atoms with van der Waals surface area (Å²) in [5.74, 6) is -0.0508. The third-order valence-corrected chi connectivity index (χ3v) is 6.57. The lowest BCUT2D eigenvalue weighted by Crippen LogP contribution is -2.35. The number of hydrogen-bond acceptors (Lipinski definition) is 3. The first-order valence-corrected chi connectivity index (χ1v) is 12.2. The van der Waals surface area contributed by atoms with Gasteiger partial charge in [-0.25, -0.2) is 8.42 Å². The molecule has 29 heavy (non-hydrogen) atoms. The molecule has 0 spiro atoms. The highest BCUT2D eigenvalue weighted by Gasteiger charge is 2.18. The summed E-state index contributed by atoms with van der Waals surface area (Å²) in [5, 5.41) is 3.17. The van der Waals surface area contributed by atoms with Gasteiger partial charge in [-0.2, -0.15) is 0 Å². The van der Waals surface area contributed by atoms with Gasteiger partial charge in [-0.15, -0.1) is 0 Å². The quantitative estimate of drug-likeness (QED) is 0.757. The largest absolute Gasteiger partial charge is 0.349 e. The summed E-state index contributed by atoms with van der Waals surface area (Å²) in [6.07, 6.45) is 9.44. The zero-order chi connectivity index (χ0) is 20.7. The van der Waals surface area contributed by atoms with Crippen LogP contribution in [0.2, 0.25) is 0 Å². The highest BCUT2D eigenvalue weighted by molar-refractivity contribution is 7.92. The maximum Gasteiger partial charge on any atom is 0.251 e. The van der Waals surface area contributed by atoms with Crippen molar-refractivity contribution in [1.82, 2.24) is 5.32 Å². The Morgan fingerprint density at radius 1 is 0.931 bits per heavy atom. The van der Waals surface area contributed by atoms with E-state index in [1.807, 2.05) is 30.3 Å². The van der Waals surface area contributed by atoms with E-state index < -0.39 is 10.0 Å². The smallest absolute Gasteiger partial charge is 0.251 e. The van der Waals surface area contributed by atoms with Crippen LogP contribution >= 0.6 is 0 Å². The molecule has 0 saturated heterocycles. The van der Waals surface area contributed by atoms with E-state index in [9.17, 15) is 13.2 Å². The van der Waals surface area contributed by atoms with E-state index in [2.05, 4.69) is 5.32 Å². The van der Waals surface area contributed by atoms with Gasteiger partial charge in [0.15, 0.2) is 0 Å². The molecule has 0 bridgehead atoms. The zero-order valence-electron chi connectivity index (χ0n) is 17.0. The molecule has 0 atom stereocenters. The van der Waals surface area contributed by atoms with Gasteiger partial charge in [-0.3, -0.25) is 9.10 Å². The third-order valence-electron chi connectivity index (χ3n) is 5.43. The molecule has 1 N–H and O–H groups in total. The van der Waals surface area contributed by atoms with E-state index in [0.29, 0.717) is 11.3 Å². The molecule has 1 saturated carbocycles. The molecule has 1 aliphatic rings. The lowest BCUT2D eigenvalue weighted by atomic mass is 9.96. The van der Waals surface area contributed by atoms with Crippen molar-refractivity contribution < 1.29 is 13.2 Å². The molecule has 1 fully saturated rings. The molecule has 2 aromatic carbocycles. The van der Waals surface area contributed by atoms with Crippen molar-refractivity contribution in [2.45, 2.75) is 57.5 Å². The highest BCUT2D eigenvalue weighted by Crippen LogP contribution is 2.21. The Morgan fingerprint density at radius 2 is 1.52 bits per heavy atom. The van der Waals surface area contributed by atoms with Crippen molar-refractivity contribution in [1.29, 1.82) is 0 Å². The zero-order valence-corrected chi connectivity index (χ0v) is 17.8. The second kappa shape index (κ2) is 9.92. The number of benzene rings is 2. The van der Waals surface area contributed by atoms with Crippen molar-refractivity contribution in [2.75, 3.05) is 10.6 Å². The van der Waals surface area contributed by atoms with Gasteiger partial charge in [-0.1, -0.05) is 62.4 Å². The van der Waals surface area contributed by atoms with Crippen molar-refractivity contribution in [3.05, 3.63) is 65.7 Å². The van der Waals surface area contributed by atoms with Crippen LogP contribution < -0.4 is 9.62 Å². The molecular weight excluding hydrogens is 384 g/mol. The number of sulfonamides is 1. The topological polar surface area (TPSA) is 66.5 Å². The molecule has 2 aromatic rings. The Morgan fingerprint density at radius 3 is 2.10 bits per heavy atom. The average molecular weight is 415 g/mol. The normalized spacial score (nSPS) is 15.9. The van der Waals surface area contributed by atoms with Crippen molar-refractivity contribution in [3.8, 4) is 0 Å². The first-order chi connectivity index (χ1) is 13.9. The second-order valence-corrected chi connectivity index (χ2v) is 9.72. The van der Waals surface area contributed by atoms with E-state index in [-0.39, 0.29) is 18.5 Å². The number of carbonyl (C=O) groups is 1. The summed E-state index contributed by atoms with van der Waals surface area (Å²) < 4.78 is 25.9. The number of anilines is 1. The van der Waals surface area contributed by atoms with Gasteiger partial charge in [0, 0.05) is 11.6 Å². The number of amides is 1. The Labute approximate surface area is 174 Å². The van der Waals surface area contributed by atoms with Crippen LogP contribution in [-0.2, 0) is 16.6 Å². The van der Waals surface area contributed by atoms with Gasteiger partial charge in [0.05, 0.1) is 18.5 Å². The van der Waals surface area contributed by atoms with Crippen LogP contribution in [0.5, 0.6) is 0 Å². The summed E-state index contributed by atoms with van der Waals surface area (Å²) in [7, 11) is -3.41. The van der Waals surface area contributed by atoms with Gasteiger partial charge >= 0.3 is 0 Å². The lowest BCUT2D eigenvalue weighted by molar-refractivity contribution is 0.0930. The Hall–Kier alpha value is -2.34. The van der Waals surface area contributed by atoms with Gasteiger partial charge in [0.1, 0.15) is 0 Å². The fourth-order valence-electron chi connectivity index (χ4n) is 3.79. The predicted molar refractivity (Wildman–Crippen MR) is 117 cm³/mol. The van der Waals surface area contributed by atoms with Gasteiger partial charge in [0.2, 0.25) is 10.0 Å². The Bertz CT molecular complexity index is 887. The summed E-state index contributed by atoms with van der Waals surface area (Å²) in [4.78, 5) is 12.6. The monoisotopic (exact) mass is 414 g/mol. The molecule has 3 rings (SSSR count). The number of carbonyl (C=O) groups excluding carboxylic acids is 1. The molecule has 0 heterocycles. The van der Waals surface area contributed by atoms with E-state index >= 15 is 0 Å². The highest BCUT2D eigenvalue weighted by atomic mass is 32.2. The minimum Gasteiger partial charge on any atom is -0.349 e. The molecule has 1 aliphatic carbocycles. The maximum atomic E-state index is 12.6. The summed E-state index contributed by atoms with van der Waals surface area (Å²) >= 11 is 0. The summed E-state index contributed by atoms with van der Waals surface area (Å²) in [5.41, 5.74) is 2.07. The minimum absolute atomic E-state index is 0.0508. The first-order valence-electron chi connectivity index (χ1n) is 10.4. The molecule has 156 valence electrons. The van der Waals surface area contributed by atoms with Crippen LogP contribution in [0, 0.1) is 0 Å².